The van der Waals surface area contributed by atoms with Crippen molar-refractivity contribution in [3.8, 4) is 5.82 Å². The fourth-order valence-electron chi connectivity index (χ4n) is 2.67. The van der Waals surface area contributed by atoms with Crippen molar-refractivity contribution in [2.75, 3.05) is 0 Å². The molecule has 0 unspecified atom stereocenters. The lowest BCUT2D eigenvalue weighted by Crippen LogP contribution is -2.25. The average molecular weight is 384 g/mol. The van der Waals surface area contributed by atoms with Gasteiger partial charge in [-0.1, -0.05) is 23.7 Å². The molecule has 0 aliphatic heterocycles. The second-order valence-corrected chi connectivity index (χ2v) is 6.49. The Morgan fingerprint density at radius 1 is 1.19 bits per heavy atom. The highest BCUT2D eigenvalue weighted by molar-refractivity contribution is 6.33. The highest BCUT2D eigenvalue weighted by Gasteiger charge is 2.15. The van der Waals surface area contributed by atoms with E-state index in [4.69, 9.17) is 17.3 Å². The number of amides is 2. The molecule has 0 bridgehead atoms. The van der Waals surface area contributed by atoms with Gasteiger partial charge in [-0.05, 0) is 49.7 Å². The van der Waals surface area contributed by atoms with Gasteiger partial charge in [0.1, 0.15) is 5.69 Å². The van der Waals surface area contributed by atoms with Crippen molar-refractivity contribution in [1.29, 1.82) is 0 Å². The number of hydrogen-bond donors (Lipinski definition) is 2. The molecule has 0 aliphatic carbocycles. The molecule has 138 valence electrons. The molecular weight excluding hydrogens is 366 g/mol. The van der Waals surface area contributed by atoms with Crippen LogP contribution in [0.1, 0.15) is 37.8 Å². The van der Waals surface area contributed by atoms with Gasteiger partial charge >= 0.3 is 0 Å². The van der Waals surface area contributed by atoms with E-state index in [2.05, 4.69) is 15.4 Å². The molecule has 0 fully saturated rings. The molecule has 0 aliphatic rings. The van der Waals surface area contributed by atoms with Crippen LogP contribution in [0.5, 0.6) is 0 Å². The topological polar surface area (TPSA) is 103 Å². The number of aromatic nitrogens is 3. The number of nitrogens with zero attached hydrogens (tertiary/aromatic N) is 3. The molecule has 27 heavy (non-hydrogen) atoms. The Labute approximate surface area is 161 Å². The van der Waals surface area contributed by atoms with Gasteiger partial charge in [0.05, 0.1) is 10.7 Å². The van der Waals surface area contributed by atoms with Crippen molar-refractivity contribution in [3.05, 3.63) is 75.7 Å². The molecule has 2 amide bonds. The number of carbonyl (C=O) groups excluding carboxylic acids is 2. The first-order chi connectivity index (χ1) is 12.8. The third kappa shape index (κ3) is 4.15. The van der Waals surface area contributed by atoms with Crippen LogP contribution in [0.3, 0.4) is 0 Å². The quantitative estimate of drug-likeness (QED) is 0.706. The highest BCUT2D eigenvalue weighted by Crippen LogP contribution is 2.18. The minimum atomic E-state index is -0.523. The molecule has 3 aromatic rings. The smallest absolute Gasteiger partial charge is 0.271 e. The van der Waals surface area contributed by atoms with Crippen LogP contribution in [-0.4, -0.2) is 26.6 Å². The van der Waals surface area contributed by atoms with E-state index < -0.39 is 11.8 Å². The second kappa shape index (κ2) is 7.59. The summed E-state index contributed by atoms with van der Waals surface area (Å²) in [6, 6.07) is 12.0. The van der Waals surface area contributed by atoms with Crippen LogP contribution in [0, 0.1) is 13.8 Å². The number of nitrogens with two attached hydrogens (primary N) is 1. The zero-order valence-corrected chi connectivity index (χ0v) is 15.6. The molecule has 3 N–H and O–H groups in total. The summed E-state index contributed by atoms with van der Waals surface area (Å²) >= 11 is 6.16. The van der Waals surface area contributed by atoms with Gasteiger partial charge in [-0.2, -0.15) is 5.10 Å². The van der Waals surface area contributed by atoms with Crippen LogP contribution in [-0.2, 0) is 6.54 Å². The maximum absolute atomic E-state index is 12.6. The summed E-state index contributed by atoms with van der Waals surface area (Å²) in [5.41, 5.74) is 8.25. The zero-order valence-electron chi connectivity index (χ0n) is 14.9. The van der Waals surface area contributed by atoms with E-state index in [0.717, 1.165) is 17.0 Å². The first-order valence-electron chi connectivity index (χ1n) is 8.22. The molecule has 0 atom stereocenters. The van der Waals surface area contributed by atoms with Crippen LogP contribution in [0.15, 0.2) is 42.5 Å². The third-order valence-corrected chi connectivity index (χ3v) is 4.24. The molecule has 0 saturated heterocycles. The number of nitrogens with one attached hydrogen (secondary N) is 1. The summed E-state index contributed by atoms with van der Waals surface area (Å²) < 4.78 is 1.65. The predicted octanol–water partition coefficient (Wildman–Crippen LogP) is 2.57. The highest BCUT2D eigenvalue weighted by atomic mass is 35.5. The lowest BCUT2D eigenvalue weighted by atomic mass is 10.1. The van der Waals surface area contributed by atoms with E-state index in [0.29, 0.717) is 11.4 Å². The van der Waals surface area contributed by atoms with Gasteiger partial charge in [0, 0.05) is 17.8 Å². The van der Waals surface area contributed by atoms with E-state index in [9.17, 15) is 9.59 Å². The van der Waals surface area contributed by atoms with Crippen LogP contribution in [0.4, 0.5) is 0 Å². The summed E-state index contributed by atoms with van der Waals surface area (Å²) in [6.45, 7) is 4.00. The number of primary amides is 1. The maximum Gasteiger partial charge on any atom is 0.271 e. The summed E-state index contributed by atoms with van der Waals surface area (Å²) in [5.74, 6) is -0.441. The van der Waals surface area contributed by atoms with Crippen molar-refractivity contribution in [2.24, 2.45) is 5.73 Å². The Hall–Kier alpha value is -3.19. The lowest BCUT2D eigenvalue weighted by molar-refractivity contribution is 0.0945. The maximum atomic E-state index is 12.6. The third-order valence-electron chi connectivity index (χ3n) is 3.94. The number of hydrogen-bond acceptors (Lipinski definition) is 4. The number of halogens is 1. The largest absolute Gasteiger partial charge is 0.366 e. The molecule has 1 aromatic carbocycles. The monoisotopic (exact) mass is 383 g/mol. The fourth-order valence-corrected chi connectivity index (χ4v) is 2.86. The van der Waals surface area contributed by atoms with Crippen molar-refractivity contribution in [2.45, 2.75) is 20.4 Å². The average Bonchev–Trinajstić information content (AvgIpc) is 2.98. The molecule has 2 aromatic heterocycles. The number of rotatable bonds is 5. The van der Waals surface area contributed by atoms with Crippen molar-refractivity contribution < 1.29 is 9.59 Å². The number of benzene rings is 1. The van der Waals surface area contributed by atoms with Crippen LogP contribution >= 0.6 is 11.6 Å². The Morgan fingerprint density at radius 3 is 2.63 bits per heavy atom. The Kier molecular flexibility index (Phi) is 5.23. The molecule has 2 heterocycles. The molecule has 0 saturated carbocycles. The Morgan fingerprint density at radius 2 is 1.96 bits per heavy atom. The summed E-state index contributed by atoms with van der Waals surface area (Å²) in [6.07, 6.45) is 0. The lowest BCUT2D eigenvalue weighted by Gasteiger charge is -2.09. The summed E-state index contributed by atoms with van der Waals surface area (Å²) in [7, 11) is 0. The van der Waals surface area contributed by atoms with Gasteiger partial charge in [0.15, 0.2) is 5.82 Å². The first kappa shape index (κ1) is 18.6. The van der Waals surface area contributed by atoms with E-state index in [-0.39, 0.29) is 17.3 Å². The van der Waals surface area contributed by atoms with Gasteiger partial charge in [0.25, 0.3) is 5.91 Å². The predicted molar refractivity (Wildman–Crippen MR) is 102 cm³/mol. The number of carbonyl (C=O) groups is 2. The summed E-state index contributed by atoms with van der Waals surface area (Å²) in [4.78, 5) is 28.2. The van der Waals surface area contributed by atoms with Gasteiger partial charge in [-0.15, -0.1) is 0 Å². The van der Waals surface area contributed by atoms with Crippen molar-refractivity contribution in [3.63, 3.8) is 0 Å². The van der Waals surface area contributed by atoms with Crippen LogP contribution < -0.4 is 11.1 Å². The molecule has 7 nitrogen and oxygen atoms in total. The standard InChI is InChI=1S/C19H18ClN5O2/c1-11-8-12(2)25(24-11)16-7-6-15(20)17(23-16)19(27)22-10-13-4-3-5-14(9-13)18(21)26/h3-9H,10H2,1-2H3,(H2,21,26)(H,22,27). The molecule has 0 radical (unpaired) electrons. The van der Waals surface area contributed by atoms with E-state index in [1.807, 2.05) is 19.9 Å². The minimum absolute atomic E-state index is 0.104. The first-order valence-corrected chi connectivity index (χ1v) is 8.60. The van der Waals surface area contributed by atoms with Crippen LogP contribution in [0.25, 0.3) is 5.82 Å². The number of aryl methyl sites for hydroxylation is 2. The zero-order chi connectivity index (χ0) is 19.6. The van der Waals surface area contributed by atoms with Crippen molar-refractivity contribution in [1.82, 2.24) is 20.1 Å². The number of pyridine rings is 1. The van der Waals surface area contributed by atoms with E-state index in [1.54, 1.807) is 41.1 Å². The molecule has 8 heteroatoms. The minimum Gasteiger partial charge on any atom is -0.366 e. The Bertz CT molecular complexity index is 1030. The van der Waals surface area contributed by atoms with Gasteiger partial charge in [0.2, 0.25) is 5.91 Å². The van der Waals surface area contributed by atoms with E-state index >= 15 is 0 Å². The molecular formula is C19H18ClN5O2. The van der Waals surface area contributed by atoms with Gasteiger partial charge in [-0.25, -0.2) is 9.67 Å². The molecule has 3 rings (SSSR count). The summed E-state index contributed by atoms with van der Waals surface area (Å²) in [5, 5.41) is 7.36. The normalized spacial score (nSPS) is 10.6. The van der Waals surface area contributed by atoms with Crippen molar-refractivity contribution >= 4 is 23.4 Å². The van der Waals surface area contributed by atoms with Crippen LogP contribution in [0.2, 0.25) is 5.02 Å². The SMILES string of the molecule is Cc1cc(C)n(-c2ccc(Cl)c(C(=O)NCc3cccc(C(N)=O)c3)n2)n1. The van der Waals surface area contributed by atoms with Gasteiger partial charge in [-0.3, -0.25) is 9.59 Å². The Balaban J connectivity index is 1.80. The van der Waals surface area contributed by atoms with E-state index in [1.165, 1.54) is 0 Å². The fraction of sp³-hybridized carbons (Fsp3) is 0.158. The second-order valence-electron chi connectivity index (χ2n) is 6.09. The van der Waals surface area contributed by atoms with Gasteiger partial charge < -0.3 is 11.1 Å². The molecule has 0 spiro atoms.